The smallest absolute Gasteiger partial charge is 0.254 e. The van der Waals surface area contributed by atoms with Gasteiger partial charge in [-0.1, -0.05) is 12.2 Å². The van der Waals surface area contributed by atoms with E-state index in [2.05, 4.69) is 33.2 Å². The summed E-state index contributed by atoms with van der Waals surface area (Å²) in [7, 11) is 0. The Labute approximate surface area is 152 Å². The van der Waals surface area contributed by atoms with E-state index in [1.165, 1.54) is 18.3 Å². The van der Waals surface area contributed by atoms with E-state index >= 15 is 0 Å². The number of nitrogens with zero attached hydrogens (tertiary/aromatic N) is 2. The van der Waals surface area contributed by atoms with Gasteiger partial charge < -0.3 is 10.2 Å². The van der Waals surface area contributed by atoms with Crippen molar-refractivity contribution in [2.45, 2.75) is 6.42 Å². The van der Waals surface area contributed by atoms with E-state index in [0.717, 1.165) is 11.4 Å². The van der Waals surface area contributed by atoms with E-state index in [0.29, 0.717) is 21.9 Å². The van der Waals surface area contributed by atoms with E-state index in [1.807, 2.05) is 0 Å². The van der Waals surface area contributed by atoms with Crippen molar-refractivity contribution in [3.8, 4) is 11.5 Å². The molecule has 0 spiro atoms. The van der Waals surface area contributed by atoms with Crippen LogP contribution in [0.4, 0.5) is 0 Å². The van der Waals surface area contributed by atoms with Crippen LogP contribution in [0.15, 0.2) is 33.9 Å². The van der Waals surface area contributed by atoms with Crippen LogP contribution in [-0.4, -0.2) is 33.3 Å². The molecule has 5 aliphatic rings. The number of phenols is 2. The third-order valence-electron chi connectivity index (χ3n) is 6.05. The van der Waals surface area contributed by atoms with Crippen LogP contribution >= 0.6 is 15.9 Å². The molecule has 2 bridgehead atoms. The third-order valence-corrected chi connectivity index (χ3v) is 6.68. The maximum Gasteiger partial charge on any atom is 0.254 e. The number of carbonyl (C=O) groups is 2. The summed E-state index contributed by atoms with van der Waals surface area (Å²) in [6.07, 6.45) is 6.62. The first kappa shape index (κ1) is 15.1. The summed E-state index contributed by atoms with van der Waals surface area (Å²) in [5.41, 5.74) is 0.309. The zero-order valence-corrected chi connectivity index (χ0v) is 14.6. The molecule has 1 aromatic carbocycles. The highest BCUT2D eigenvalue weighted by Gasteiger charge is 2.67. The van der Waals surface area contributed by atoms with Crippen molar-refractivity contribution < 1.29 is 19.8 Å². The van der Waals surface area contributed by atoms with Gasteiger partial charge in [0.05, 0.1) is 22.5 Å². The van der Waals surface area contributed by atoms with Crippen LogP contribution < -0.4 is 0 Å². The number of hydrogen-bond acceptors (Lipinski definition) is 5. The van der Waals surface area contributed by atoms with Gasteiger partial charge in [0.25, 0.3) is 11.8 Å². The first-order valence-corrected chi connectivity index (χ1v) is 9.08. The van der Waals surface area contributed by atoms with Gasteiger partial charge in [-0.05, 0) is 52.1 Å². The molecule has 1 aromatic rings. The Morgan fingerprint density at radius 1 is 1.04 bits per heavy atom. The number of carbonyl (C=O) groups excluding carboxylic acids is 2. The Bertz CT molecular complexity index is 844. The molecule has 25 heavy (non-hydrogen) atoms. The number of halogens is 1. The van der Waals surface area contributed by atoms with E-state index in [4.69, 9.17) is 0 Å². The van der Waals surface area contributed by atoms with Crippen LogP contribution in [0.2, 0.25) is 0 Å². The monoisotopic (exact) mass is 402 g/mol. The Kier molecular flexibility index (Phi) is 2.99. The van der Waals surface area contributed by atoms with Gasteiger partial charge in [-0.25, -0.2) is 0 Å². The van der Waals surface area contributed by atoms with E-state index in [1.54, 1.807) is 0 Å². The van der Waals surface area contributed by atoms with Crippen LogP contribution in [-0.2, 0) is 9.59 Å². The van der Waals surface area contributed by atoms with Gasteiger partial charge in [-0.2, -0.15) is 10.1 Å². The number of allylic oxidation sites excluding steroid dienone is 2. The molecule has 0 unspecified atom stereocenters. The summed E-state index contributed by atoms with van der Waals surface area (Å²) in [6, 6.07) is 2.66. The predicted octanol–water partition coefficient (Wildman–Crippen LogP) is 2.25. The molecule has 3 fully saturated rings. The average Bonchev–Trinajstić information content (AvgIpc) is 3.36. The molecule has 1 heterocycles. The molecule has 0 radical (unpaired) electrons. The summed E-state index contributed by atoms with van der Waals surface area (Å²) in [4.78, 5) is 25.6. The summed E-state index contributed by atoms with van der Waals surface area (Å²) in [5, 5.41) is 24.5. The largest absolute Gasteiger partial charge is 0.507 e. The van der Waals surface area contributed by atoms with Gasteiger partial charge in [-0.3, -0.25) is 9.59 Å². The molecule has 0 aromatic heterocycles. The Morgan fingerprint density at radius 2 is 1.64 bits per heavy atom. The standard InChI is InChI=1S/C18H15BrN2O4/c19-12-3-7(13(22)5-14(12)23)6-20-21-17(24)15-8-1-2-9(11-4-10(8)11)16(15)18(21)25/h1-3,5-6,8-11,15-16,22-23H,4H2/b20-6-/t8-,9-,10-,11+,15-,16-/m1/s1. The van der Waals surface area contributed by atoms with Gasteiger partial charge >= 0.3 is 0 Å². The Balaban J connectivity index is 1.46. The van der Waals surface area contributed by atoms with Crippen LogP contribution in [0.3, 0.4) is 0 Å². The van der Waals surface area contributed by atoms with Crippen molar-refractivity contribution in [1.82, 2.24) is 5.01 Å². The fraction of sp³-hybridized carbons (Fsp3) is 0.389. The number of imide groups is 1. The summed E-state index contributed by atoms with van der Waals surface area (Å²) in [5.74, 6) is 0.0808. The number of hydrogen-bond donors (Lipinski definition) is 2. The molecule has 2 amide bonds. The normalized spacial score (nSPS) is 37.7. The second kappa shape index (κ2) is 4.94. The van der Waals surface area contributed by atoms with Crippen LogP contribution in [0.5, 0.6) is 11.5 Å². The van der Waals surface area contributed by atoms with E-state index in [9.17, 15) is 19.8 Å². The lowest BCUT2D eigenvalue weighted by Crippen LogP contribution is -2.40. The molecule has 7 heteroatoms. The number of phenolic OH excluding ortho intramolecular Hbond substituents is 2. The third kappa shape index (κ3) is 1.99. The number of benzene rings is 1. The maximum atomic E-state index is 12.8. The number of amides is 2. The van der Waals surface area contributed by atoms with Crippen molar-refractivity contribution in [1.29, 1.82) is 0 Å². The highest BCUT2D eigenvalue weighted by molar-refractivity contribution is 9.10. The minimum Gasteiger partial charge on any atom is -0.507 e. The molecule has 6 nitrogen and oxygen atoms in total. The fourth-order valence-electron chi connectivity index (χ4n) is 4.84. The van der Waals surface area contributed by atoms with Crippen LogP contribution in [0.25, 0.3) is 0 Å². The molecule has 1 aliphatic heterocycles. The molecule has 6 rings (SSSR count). The molecule has 4 aliphatic carbocycles. The average molecular weight is 403 g/mol. The molecular formula is C18H15BrN2O4. The van der Waals surface area contributed by atoms with Crippen molar-refractivity contribution in [3.05, 3.63) is 34.3 Å². The van der Waals surface area contributed by atoms with Crippen molar-refractivity contribution in [2.75, 3.05) is 0 Å². The number of aromatic hydroxyl groups is 2. The predicted molar refractivity (Wildman–Crippen MR) is 91.6 cm³/mol. The van der Waals surface area contributed by atoms with Crippen LogP contribution in [0.1, 0.15) is 12.0 Å². The first-order valence-electron chi connectivity index (χ1n) is 8.29. The maximum absolute atomic E-state index is 12.8. The summed E-state index contributed by atoms with van der Waals surface area (Å²) < 4.78 is 0.391. The molecular weight excluding hydrogens is 388 g/mol. The fourth-order valence-corrected chi connectivity index (χ4v) is 5.21. The number of rotatable bonds is 2. The lowest BCUT2D eigenvalue weighted by Gasteiger charge is -2.37. The van der Waals surface area contributed by atoms with Gasteiger partial charge in [0.2, 0.25) is 0 Å². The van der Waals surface area contributed by atoms with Gasteiger partial charge in [0, 0.05) is 11.6 Å². The van der Waals surface area contributed by atoms with E-state index < -0.39 is 0 Å². The summed E-state index contributed by atoms with van der Waals surface area (Å²) >= 11 is 3.16. The number of hydrazone groups is 1. The van der Waals surface area contributed by atoms with E-state index in [-0.39, 0.29) is 47.0 Å². The minimum atomic E-state index is -0.288. The topological polar surface area (TPSA) is 90.2 Å². The van der Waals surface area contributed by atoms with Crippen molar-refractivity contribution in [3.63, 3.8) is 0 Å². The highest BCUT2D eigenvalue weighted by atomic mass is 79.9. The van der Waals surface area contributed by atoms with Crippen LogP contribution in [0, 0.1) is 35.5 Å². The lowest BCUT2D eigenvalue weighted by molar-refractivity contribution is -0.140. The zero-order valence-electron chi connectivity index (χ0n) is 13.0. The molecule has 128 valence electrons. The summed E-state index contributed by atoms with van der Waals surface area (Å²) in [6.45, 7) is 0. The Morgan fingerprint density at radius 3 is 2.24 bits per heavy atom. The zero-order chi connectivity index (χ0) is 17.5. The second-order valence-electron chi connectivity index (χ2n) is 7.25. The molecule has 6 atom stereocenters. The first-order chi connectivity index (χ1) is 12.0. The molecule has 2 saturated carbocycles. The van der Waals surface area contributed by atoms with Gasteiger partial charge in [0.1, 0.15) is 11.5 Å². The molecule has 2 N–H and O–H groups in total. The highest BCUT2D eigenvalue weighted by Crippen LogP contribution is 2.65. The minimum absolute atomic E-state index is 0.101. The lowest BCUT2D eigenvalue weighted by atomic mass is 9.63. The van der Waals surface area contributed by atoms with Crippen molar-refractivity contribution >= 4 is 34.0 Å². The van der Waals surface area contributed by atoms with Gasteiger partial charge in [-0.15, -0.1) is 0 Å². The SMILES string of the molecule is O=C1[C@@H]2[C@@H]3C=C[C@H]([C@@H]4C[C@H]34)[C@H]2C(=O)N1/N=C\c1cc(Br)c(O)cc1O. The second-order valence-corrected chi connectivity index (χ2v) is 8.10. The molecule has 1 saturated heterocycles. The van der Waals surface area contributed by atoms with Gasteiger partial charge in [0.15, 0.2) is 0 Å². The van der Waals surface area contributed by atoms with Crippen molar-refractivity contribution in [2.24, 2.45) is 40.6 Å². The Hall–Kier alpha value is -2.15. The quantitative estimate of drug-likeness (QED) is 0.450.